The Kier molecular flexibility index (Phi) is 8.50. The molecule has 42 heavy (non-hydrogen) atoms. The summed E-state index contributed by atoms with van der Waals surface area (Å²) in [5.74, 6) is 0.344. The normalized spacial score (nSPS) is 20.0. The summed E-state index contributed by atoms with van der Waals surface area (Å²) in [6.07, 6.45) is 0.0119. The van der Waals surface area contributed by atoms with Crippen LogP contribution in [-0.4, -0.2) is 99.2 Å². The van der Waals surface area contributed by atoms with E-state index in [-0.39, 0.29) is 42.6 Å². The Morgan fingerprint density at radius 2 is 1.67 bits per heavy atom. The van der Waals surface area contributed by atoms with Crippen molar-refractivity contribution in [3.05, 3.63) is 66.7 Å². The predicted molar refractivity (Wildman–Crippen MR) is 155 cm³/mol. The highest BCUT2D eigenvalue weighted by Gasteiger charge is 2.47. The highest BCUT2D eigenvalue weighted by Crippen LogP contribution is 2.39. The molecule has 3 aromatic rings. The molecule has 0 radical (unpaired) electrons. The summed E-state index contributed by atoms with van der Waals surface area (Å²) in [7, 11) is -7.05. The van der Waals surface area contributed by atoms with E-state index in [1.54, 1.807) is 18.2 Å². The summed E-state index contributed by atoms with van der Waals surface area (Å²) in [5, 5.41) is 22.2. The maximum absolute atomic E-state index is 13.4. The maximum atomic E-state index is 13.4. The lowest BCUT2D eigenvalue weighted by Gasteiger charge is -2.38. The molecule has 3 aromatic carbocycles. The van der Waals surface area contributed by atoms with Gasteiger partial charge in [0.15, 0.2) is 9.84 Å². The van der Waals surface area contributed by atoms with E-state index in [1.165, 1.54) is 28.6 Å². The van der Waals surface area contributed by atoms with Gasteiger partial charge in [0.1, 0.15) is 18.5 Å². The standard InChI is InChI=1S/C29H34N2O9S2/c1-41(35,36)26-10-7-25(8-11-26)39-20-24(32)18-31(28(33)34)23-17-29(40-19-23)12-14-30(15-13-29)42(37,38)27-9-6-21-4-2-3-5-22(21)16-27/h2-11,16,23-24,32H,12-15,17-20H2,1H3,(H,33,34)/t23?,24-/m0/s1. The van der Waals surface area contributed by atoms with E-state index in [2.05, 4.69) is 0 Å². The first-order valence-electron chi connectivity index (χ1n) is 13.6. The molecule has 0 bridgehead atoms. The minimum atomic E-state index is -3.70. The third kappa shape index (κ3) is 6.55. The Bertz CT molecular complexity index is 1650. The molecular weight excluding hydrogens is 584 g/mol. The molecule has 0 aliphatic carbocycles. The molecule has 2 heterocycles. The zero-order valence-electron chi connectivity index (χ0n) is 23.1. The Balaban J connectivity index is 1.16. The van der Waals surface area contributed by atoms with E-state index in [1.807, 2.05) is 24.3 Å². The van der Waals surface area contributed by atoms with Gasteiger partial charge in [0.25, 0.3) is 0 Å². The summed E-state index contributed by atoms with van der Waals surface area (Å²) in [4.78, 5) is 13.6. The van der Waals surface area contributed by atoms with Crippen molar-refractivity contribution in [2.75, 3.05) is 39.1 Å². The van der Waals surface area contributed by atoms with E-state index >= 15 is 0 Å². The number of piperidine rings is 1. The van der Waals surface area contributed by atoms with E-state index in [0.717, 1.165) is 21.9 Å². The molecule has 1 spiro atoms. The molecule has 2 aliphatic heterocycles. The predicted octanol–water partition coefficient (Wildman–Crippen LogP) is 2.98. The largest absolute Gasteiger partial charge is 0.491 e. The second-order valence-electron chi connectivity index (χ2n) is 10.9. The third-order valence-corrected chi connectivity index (χ3v) is 11.0. The van der Waals surface area contributed by atoms with Crippen molar-refractivity contribution in [1.82, 2.24) is 9.21 Å². The van der Waals surface area contributed by atoms with Gasteiger partial charge in [0.05, 0.1) is 34.6 Å². The lowest BCUT2D eigenvalue weighted by molar-refractivity contribution is -0.0319. The molecule has 2 fully saturated rings. The second-order valence-corrected chi connectivity index (χ2v) is 14.9. The highest BCUT2D eigenvalue weighted by atomic mass is 32.2. The van der Waals surface area contributed by atoms with Gasteiger partial charge in [0.2, 0.25) is 10.0 Å². The monoisotopic (exact) mass is 618 g/mol. The van der Waals surface area contributed by atoms with Gasteiger partial charge in [-0.3, -0.25) is 0 Å². The number of sulfonamides is 1. The molecular formula is C29H34N2O9S2. The van der Waals surface area contributed by atoms with Crippen LogP contribution in [-0.2, 0) is 24.6 Å². The first-order chi connectivity index (χ1) is 19.9. The first-order valence-corrected chi connectivity index (χ1v) is 16.9. The van der Waals surface area contributed by atoms with Gasteiger partial charge >= 0.3 is 6.09 Å². The third-order valence-electron chi connectivity index (χ3n) is 7.97. The van der Waals surface area contributed by atoms with E-state index in [4.69, 9.17) is 9.47 Å². The fraction of sp³-hybridized carbons (Fsp3) is 0.414. The van der Waals surface area contributed by atoms with Gasteiger partial charge in [-0.25, -0.2) is 21.6 Å². The molecule has 2 atom stereocenters. The van der Waals surface area contributed by atoms with Crippen LogP contribution >= 0.6 is 0 Å². The Hall–Kier alpha value is -3.23. The summed E-state index contributed by atoms with van der Waals surface area (Å²) in [6, 6.07) is 17.9. The number of carbonyl (C=O) groups is 1. The average molecular weight is 619 g/mol. The van der Waals surface area contributed by atoms with Crippen LogP contribution in [0, 0.1) is 0 Å². The van der Waals surface area contributed by atoms with Crippen LogP contribution in [0.1, 0.15) is 19.3 Å². The fourth-order valence-electron chi connectivity index (χ4n) is 5.62. The Morgan fingerprint density at radius 3 is 2.31 bits per heavy atom. The van der Waals surface area contributed by atoms with Gasteiger partial charge in [-0.15, -0.1) is 0 Å². The molecule has 11 nitrogen and oxygen atoms in total. The quantitative estimate of drug-likeness (QED) is 0.369. The van der Waals surface area contributed by atoms with Crippen molar-refractivity contribution in [2.45, 2.75) is 46.8 Å². The summed E-state index contributed by atoms with van der Waals surface area (Å²) in [5.41, 5.74) is -0.642. The van der Waals surface area contributed by atoms with Crippen LogP contribution in [0.2, 0.25) is 0 Å². The number of fused-ring (bicyclic) bond motifs is 1. The SMILES string of the molecule is CS(=O)(=O)c1ccc(OC[C@@H](O)CN(C(=O)O)C2COC3(CCN(S(=O)(=O)c4ccc5ccccc5c4)CC3)C2)cc1. The number of sulfone groups is 1. The van der Waals surface area contributed by atoms with Crippen LogP contribution in [0.15, 0.2) is 76.5 Å². The van der Waals surface area contributed by atoms with Crippen LogP contribution in [0.25, 0.3) is 10.8 Å². The van der Waals surface area contributed by atoms with E-state index in [9.17, 15) is 31.8 Å². The van der Waals surface area contributed by atoms with Gasteiger partial charge < -0.3 is 24.6 Å². The summed E-state index contributed by atoms with van der Waals surface area (Å²) >= 11 is 0. The molecule has 13 heteroatoms. The minimum Gasteiger partial charge on any atom is -0.491 e. The van der Waals surface area contributed by atoms with Crippen molar-refractivity contribution in [3.8, 4) is 5.75 Å². The number of nitrogens with zero attached hydrogens (tertiary/aromatic N) is 2. The first kappa shape index (κ1) is 30.2. The maximum Gasteiger partial charge on any atom is 0.407 e. The zero-order valence-corrected chi connectivity index (χ0v) is 24.8. The number of ether oxygens (including phenoxy) is 2. The van der Waals surface area contributed by atoms with Gasteiger partial charge in [-0.05, 0) is 66.4 Å². The van der Waals surface area contributed by atoms with Crippen molar-refractivity contribution in [3.63, 3.8) is 0 Å². The van der Waals surface area contributed by atoms with Gasteiger partial charge in [0, 0.05) is 19.3 Å². The molecule has 0 saturated carbocycles. The lowest BCUT2D eigenvalue weighted by Crippen LogP contribution is -2.48. The number of carboxylic acid groups (broad SMARTS) is 1. The van der Waals surface area contributed by atoms with E-state index < -0.39 is 43.7 Å². The van der Waals surface area contributed by atoms with E-state index in [0.29, 0.717) is 25.0 Å². The molecule has 0 aromatic heterocycles. The lowest BCUT2D eigenvalue weighted by atomic mass is 9.88. The molecule has 2 aliphatic rings. The number of aliphatic hydroxyl groups excluding tert-OH is 1. The number of hydrogen-bond acceptors (Lipinski definition) is 8. The summed E-state index contributed by atoms with van der Waals surface area (Å²) in [6.45, 7) is 0.253. The second kappa shape index (κ2) is 11.8. The molecule has 2 N–H and O–H groups in total. The Labute approximate surface area is 245 Å². The molecule has 2 saturated heterocycles. The minimum absolute atomic E-state index is 0.139. The molecule has 5 rings (SSSR count). The van der Waals surface area contributed by atoms with Crippen molar-refractivity contribution in [1.29, 1.82) is 0 Å². The number of benzene rings is 3. The number of aliphatic hydroxyl groups is 1. The number of amides is 1. The number of rotatable bonds is 9. The fourth-order valence-corrected chi connectivity index (χ4v) is 7.73. The van der Waals surface area contributed by atoms with Crippen LogP contribution < -0.4 is 4.74 Å². The number of hydrogen-bond donors (Lipinski definition) is 2. The van der Waals surface area contributed by atoms with Crippen LogP contribution in [0.3, 0.4) is 0 Å². The van der Waals surface area contributed by atoms with Gasteiger partial charge in [-0.1, -0.05) is 30.3 Å². The smallest absolute Gasteiger partial charge is 0.407 e. The summed E-state index contributed by atoms with van der Waals surface area (Å²) < 4.78 is 63.1. The van der Waals surface area contributed by atoms with Crippen molar-refractivity contribution < 1.29 is 41.3 Å². The van der Waals surface area contributed by atoms with Gasteiger partial charge in [-0.2, -0.15) is 4.31 Å². The van der Waals surface area contributed by atoms with Crippen LogP contribution in [0.5, 0.6) is 5.75 Å². The van der Waals surface area contributed by atoms with Crippen LogP contribution in [0.4, 0.5) is 4.79 Å². The van der Waals surface area contributed by atoms with Crippen molar-refractivity contribution in [2.24, 2.45) is 0 Å². The van der Waals surface area contributed by atoms with Crippen molar-refractivity contribution >= 4 is 36.7 Å². The molecule has 226 valence electrons. The highest BCUT2D eigenvalue weighted by molar-refractivity contribution is 7.90. The topological polar surface area (TPSA) is 151 Å². The zero-order chi connectivity index (χ0) is 30.1. The average Bonchev–Trinajstić information content (AvgIpc) is 3.37. The molecule has 1 amide bonds. The molecule has 1 unspecified atom stereocenters. The Morgan fingerprint density at radius 1 is 1.02 bits per heavy atom.